The van der Waals surface area contributed by atoms with Crippen LogP contribution >= 0.6 is 0 Å². The highest BCUT2D eigenvalue weighted by atomic mass is 19.1. The highest BCUT2D eigenvalue weighted by molar-refractivity contribution is 5.93. The molecule has 5 heteroatoms. The van der Waals surface area contributed by atoms with Crippen molar-refractivity contribution in [3.05, 3.63) is 71.0 Å². The molecule has 0 N–H and O–H groups in total. The van der Waals surface area contributed by atoms with Gasteiger partial charge in [0, 0.05) is 6.42 Å². The fourth-order valence-corrected chi connectivity index (χ4v) is 2.87. The molecule has 0 radical (unpaired) electrons. The molecule has 0 aliphatic rings. The number of esters is 2. The normalized spacial score (nSPS) is 10.6. The summed E-state index contributed by atoms with van der Waals surface area (Å²) in [5.41, 5.74) is 1.68. The van der Waals surface area contributed by atoms with Crippen LogP contribution in [-0.4, -0.2) is 25.2 Å². The summed E-state index contributed by atoms with van der Waals surface area (Å²) >= 11 is 0. The van der Waals surface area contributed by atoms with Crippen molar-refractivity contribution in [3.8, 4) is 0 Å². The average Bonchev–Trinajstić information content (AvgIpc) is 2.74. The fraction of sp³-hybridized carbons (Fsp3) is 0.417. The first-order valence-corrected chi connectivity index (χ1v) is 10.3. The Morgan fingerprint density at radius 3 is 1.83 bits per heavy atom. The summed E-state index contributed by atoms with van der Waals surface area (Å²) in [5.74, 6) is -1.13. The summed E-state index contributed by atoms with van der Waals surface area (Å²) in [6.07, 6.45) is 7.31. The van der Waals surface area contributed by atoms with E-state index in [0.717, 1.165) is 18.4 Å². The number of carbonyl (C=O) groups excluding carboxylic acids is 2. The maximum Gasteiger partial charge on any atom is 0.338 e. The monoisotopic (exact) mass is 400 g/mol. The second-order valence-electron chi connectivity index (χ2n) is 6.99. The van der Waals surface area contributed by atoms with Gasteiger partial charge in [-0.05, 0) is 48.4 Å². The molecule has 0 bridgehead atoms. The molecule has 0 heterocycles. The zero-order valence-corrected chi connectivity index (χ0v) is 17.0. The Labute approximate surface area is 172 Å². The van der Waals surface area contributed by atoms with Gasteiger partial charge in [0.05, 0.1) is 24.3 Å². The number of carbonyl (C=O) groups is 2. The number of hydrogen-bond donors (Lipinski definition) is 0. The first-order valence-electron chi connectivity index (χ1n) is 10.3. The van der Waals surface area contributed by atoms with E-state index >= 15 is 0 Å². The Hall–Kier alpha value is -2.69. The second kappa shape index (κ2) is 12.7. The van der Waals surface area contributed by atoms with E-state index in [1.165, 1.54) is 37.8 Å². The first kappa shape index (κ1) is 22.6. The van der Waals surface area contributed by atoms with Gasteiger partial charge in [0.15, 0.2) is 0 Å². The predicted molar refractivity (Wildman–Crippen MR) is 110 cm³/mol. The van der Waals surface area contributed by atoms with Crippen LogP contribution in [0.3, 0.4) is 0 Å². The van der Waals surface area contributed by atoms with Crippen LogP contribution in [0.5, 0.6) is 0 Å². The number of ether oxygens (including phenoxy) is 2. The Morgan fingerprint density at radius 2 is 1.24 bits per heavy atom. The average molecular weight is 400 g/mol. The summed E-state index contributed by atoms with van der Waals surface area (Å²) in [4.78, 5) is 24.1. The molecule has 0 saturated heterocycles. The van der Waals surface area contributed by atoms with Crippen molar-refractivity contribution in [1.29, 1.82) is 0 Å². The molecular weight excluding hydrogens is 371 g/mol. The Morgan fingerprint density at radius 1 is 0.724 bits per heavy atom. The third kappa shape index (κ3) is 8.46. The minimum Gasteiger partial charge on any atom is -0.462 e. The smallest absolute Gasteiger partial charge is 0.338 e. The lowest BCUT2D eigenvalue weighted by Crippen LogP contribution is -2.10. The van der Waals surface area contributed by atoms with Gasteiger partial charge in [-0.25, -0.2) is 14.0 Å². The first-order chi connectivity index (χ1) is 14.1. The molecule has 2 aromatic carbocycles. The van der Waals surface area contributed by atoms with Crippen LogP contribution in [0, 0.1) is 5.82 Å². The third-order valence-electron chi connectivity index (χ3n) is 4.62. The van der Waals surface area contributed by atoms with E-state index in [0.29, 0.717) is 24.2 Å². The lowest BCUT2D eigenvalue weighted by Gasteiger charge is -2.07. The van der Waals surface area contributed by atoms with Crippen LogP contribution in [0.25, 0.3) is 0 Å². The van der Waals surface area contributed by atoms with E-state index in [1.54, 1.807) is 36.4 Å². The van der Waals surface area contributed by atoms with Gasteiger partial charge in [0.1, 0.15) is 5.82 Å². The Balaban J connectivity index is 1.69. The van der Waals surface area contributed by atoms with Crippen LogP contribution in [-0.2, 0) is 15.9 Å². The van der Waals surface area contributed by atoms with Crippen molar-refractivity contribution < 1.29 is 23.5 Å². The van der Waals surface area contributed by atoms with Crippen molar-refractivity contribution in [1.82, 2.24) is 0 Å². The van der Waals surface area contributed by atoms with Crippen LogP contribution in [0.1, 0.15) is 71.7 Å². The van der Waals surface area contributed by atoms with Crippen LogP contribution in [0.15, 0.2) is 48.5 Å². The molecule has 156 valence electrons. The van der Waals surface area contributed by atoms with Gasteiger partial charge in [-0.2, -0.15) is 0 Å². The summed E-state index contributed by atoms with van der Waals surface area (Å²) < 4.78 is 23.4. The van der Waals surface area contributed by atoms with Crippen molar-refractivity contribution in [3.63, 3.8) is 0 Å². The molecule has 0 saturated carbocycles. The maximum atomic E-state index is 12.9. The molecule has 0 aromatic heterocycles. The largest absolute Gasteiger partial charge is 0.462 e. The molecule has 0 unspecified atom stereocenters. The standard InChI is InChI=1S/C24H29FO4/c1-2-3-4-5-6-7-17-28-23(26)20-10-12-21(13-11-20)24(27)29-18-16-19-8-14-22(25)15-9-19/h8-15H,2-7,16-18H2,1H3. The van der Waals surface area contributed by atoms with Crippen LogP contribution in [0.4, 0.5) is 4.39 Å². The van der Waals surface area contributed by atoms with E-state index in [-0.39, 0.29) is 18.4 Å². The van der Waals surface area contributed by atoms with Crippen LogP contribution in [0.2, 0.25) is 0 Å². The molecule has 29 heavy (non-hydrogen) atoms. The van der Waals surface area contributed by atoms with Crippen molar-refractivity contribution in [2.24, 2.45) is 0 Å². The molecular formula is C24H29FO4. The lowest BCUT2D eigenvalue weighted by atomic mass is 10.1. The van der Waals surface area contributed by atoms with Gasteiger partial charge < -0.3 is 9.47 Å². The molecule has 0 fully saturated rings. The summed E-state index contributed by atoms with van der Waals surface area (Å²) in [5, 5.41) is 0. The third-order valence-corrected chi connectivity index (χ3v) is 4.62. The van der Waals surface area contributed by atoms with Gasteiger partial charge >= 0.3 is 11.9 Å². The number of halogens is 1. The van der Waals surface area contributed by atoms with Crippen molar-refractivity contribution in [2.45, 2.75) is 51.9 Å². The highest BCUT2D eigenvalue weighted by Gasteiger charge is 2.11. The van der Waals surface area contributed by atoms with Gasteiger partial charge in [-0.3, -0.25) is 0 Å². The summed E-state index contributed by atoms with van der Waals surface area (Å²) in [6, 6.07) is 12.3. The van der Waals surface area contributed by atoms with Gasteiger partial charge in [-0.1, -0.05) is 51.2 Å². The molecule has 0 spiro atoms. The molecule has 0 atom stereocenters. The molecule has 0 amide bonds. The zero-order valence-electron chi connectivity index (χ0n) is 17.0. The van der Waals surface area contributed by atoms with E-state index in [4.69, 9.17) is 9.47 Å². The van der Waals surface area contributed by atoms with Crippen molar-refractivity contribution in [2.75, 3.05) is 13.2 Å². The molecule has 0 aliphatic heterocycles. The summed E-state index contributed by atoms with van der Waals surface area (Å²) in [6.45, 7) is 2.80. The second-order valence-corrected chi connectivity index (χ2v) is 6.99. The minimum absolute atomic E-state index is 0.201. The van der Waals surface area contributed by atoms with Crippen molar-refractivity contribution >= 4 is 11.9 Å². The number of benzene rings is 2. The minimum atomic E-state index is -0.459. The quantitative estimate of drug-likeness (QED) is 0.337. The summed E-state index contributed by atoms with van der Waals surface area (Å²) in [7, 11) is 0. The Bertz CT molecular complexity index is 753. The molecule has 0 aliphatic carbocycles. The van der Waals surface area contributed by atoms with E-state index in [2.05, 4.69) is 6.92 Å². The number of hydrogen-bond acceptors (Lipinski definition) is 4. The maximum absolute atomic E-state index is 12.9. The number of rotatable bonds is 12. The molecule has 2 rings (SSSR count). The highest BCUT2D eigenvalue weighted by Crippen LogP contribution is 2.10. The fourth-order valence-electron chi connectivity index (χ4n) is 2.87. The Kier molecular flexibility index (Phi) is 9.90. The van der Waals surface area contributed by atoms with Gasteiger partial charge in [0.25, 0.3) is 0 Å². The topological polar surface area (TPSA) is 52.6 Å². The SMILES string of the molecule is CCCCCCCCOC(=O)c1ccc(C(=O)OCCc2ccc(F)cc2)cc1. The van der Waals surface area contributed by atoms with E-state index in [1.807, 2.05) is 0 Å². The van der Waals surface area contributed by atoms with Gasteiger partial charge in [-0.15, -0.1) is 0 Å². The molecule has 4 nitrogen and oxygen atoms in total. The number of unbranched alkanes of at least 4 members (excludes halogenated alkanes) is 5. The van der Waals surface area contributed by atoms with Gasteiger partial charge in [0.2, 0.25) is 0 Å². The predicted octanol–water partition coefficient (Wildman–Crippen LogP) is 5.74. The lowest BCUT2D eigenvalue weighted by molar-refractivity contribution is 0.0487. The zero-order chi connectivity index (χ0) is 20.9. The van der Waals surface area contributed by atoms with E-state index < -0.39 is 5.97 Å². The molecule has 2 aromatic rings. The van der Waals surface area contributed by atoms with E-state index in [9.17, 15) is 14.0 Å². The van der Waals surface area contributed by atoms with Crippen LogP contribution < -0.4 is 0 Å².